The molecule has 0 fully saturated rings. The van der Waals surface area contributed by atoms with Crippen molar-refractivity contribution in [3.05, 3.63) is 107 Å². The Morgan fingerprint density at radius 2 is 1.02 bits per heavy atom. The molecule has 0 unspecified atom stereocenters. The monoisotopic (exact) mass is 952 g/mol. The molecule has 4 aromatic rings. The van der Waals surface area contributed by atoms with E-state index in [1.807, 2.05) is 0 Å². The smallest absolute Gasteiger partial charge is 0.416 e. The lowest BCUT2D eigenvalue weighted by molar-refractivity contribution is -0.154. The molecule has 0 bridgehead atoms. The number of halogens is 6. The Kier molecular flexibility index (Phi) is 19.4. The van der Waals surface area contributed by atoms with Crippen molar-refractivity contribution in [1.29, 1.82) is 0 Å². The number of carbonyl (C=O) groups is 3. The van der Waals surface area contributed by atoms with Crippen molar-refractivity contribution in [2.45, 2.75) is 97.7 Å². The van der Waals surface area contributed by atoms with Gasteiger partial charge in [-0.05, 0) is 49.9 Å². The third-order valence-electron chi connectivity index (χ3n) is 10.3. The zero-order chi connectivity index (χ0) is 49.0. The van der Waals surface area contributed by atoms with Crippen molar-refractivity contribution in [1.82, 2.24) is 9.97 Å². The number of aromatic nitrogens is 2. The van der Waals surface area contributed by atoms with E-state index in [9.17, 15) is 45.8 Å². The van der Waals surface area contributed by atoms with Crippen LogP contribution in [-0.4, -0.2) is 69.1 Å². The SMILES string of the molecule is COc1ccnc(C(=S)C[C@@H](C)C(=O)O[C@@H](C)[C@@H](C)c2ccccc2C(F)(F)F)c1O.COc1ccnc(C(=S)C[C@@H](C)C(=O)O[C@@H](C)[C@@H](C)c2ccccc2C(F)(F)F)c1OC(C)=O. The number of carbonyl (C=O) groups excluding carboxylic acids is 3. The third kappa shape index (κ3) is 14.7. The molecule has 0 aliphatic rings. The Morgan fingerprint density at radius 1 is 0.631 bits per heavy atom. The molecule has 0 aliphatic heterocycles. The van der Waals surface area contributed by atoms with Crippen molar-refractivity contribution < 1.29 is 69.5 Å². The number of pyridine rings is 2. The molecule has 352 valence electrons. The molecule has 0 radical (unpaired) electrons. The highest BCUT2D eigenvalue weighted by molar-refractivity contribution is 7.81. The summed E-state index contributed by atoms with van der Waals surface area (Å²) >= 11 is 10.7. The van der Waals surface area contributed by atoms with Crippen molar-refractivity contribution in [2.75, 3.05) is 14.2 Å². The van der Waals surface area contributed by atoms with Gasteiger partial charge in [0, 0.05) is 53.0 Å². The van der Waals surface area contributed by atoms with E-state index in [4.69, 9.17) is 48.1 Å². The largest absolute Gasteiger partial charge is 0.503 e. The lowest BCUT2D eigenvalue weighted by Gasteiger charge is -2.25. The Balaban J connectivity index is 0.000000347. The first-order chi connectivity index (χ1) is 30.3. The highest BCUT2D eigenvalue weighted by Crippen LogP contribution is 2.39. The molecule has 19 heteroatoms. The highest BCUT2D eigenvalue weighted by Gasteiger charge is 2.37. The number of nitrogens with zero attached hydrogens (tertiary/aromatic N) is 2. The van der Waals surface area contributed by atoms with Gasteiger partial charge >= 0.3 is 30.3 Å². The van der Waals surface area contributed by atoms with Crippen LogP contribution in [0.15, 0.2) is 73.1 Å². The van der Waals surface area contributed by atoms with Gasteiger partial charge in [0.2, 0.25) is 0 Å². The van der Waals surface area contributed by atoms with Crippen molar-refractivity contribution in [3.63, 3.8) is 0 Å². The molecule has 0 amide bonds. The maximum Gasteiger partial charge on any atom is 0.416 e. The fraction of sp³-hybridized carbons (Fsp3) is 0.413. The van der Waals surface area contributed by atoms with Crippen LogP contribution in [0.5, 0.6) is 23.0 Å². The number of benzene rings is 2. The molecular formula is C46H50F6N2O9S2. The van der Waals surface area contributed by atoms with E-state index in [0.717, 1.165) is 12.1 Å². The first-order valence-corrected chi connectivity index (χ1v) is 20.9. The quantitative estimate of drug-likeness (QED) is 0.0464. The minimum absolute atomic E-state index is 0.0445. The molecule has 0 aliphatic carbocycles. The molecular weight excluding hydrogens is 903 g/mol. The van der Waals surface area contributed by atoms with Gasteiger partial charge in [0.25, 0.3) is 0 Å². The predicted octanol–water partition coefficient (Wildman–Crippen LogP) is 10.8. The Morgan fingerprint density at radius 3 is 1.42 bits per heavy atom. The van der Waals surface area contributed by atoms with E-state index in [0.29, 0.717) is 0 Å². The van der Waals surface area contributed by atoms with E-state index in [1.54, 1.807) is 41.5 Å². The molecule has 2 heterocycles. The molecule has 0 spiro atoms. The molecule has 4 rings (SSSR count). The van der Waals surface area contributed by atoms with Gasteiger partial charge < -0.3 is 28.8 Å². The fourth-order valence-corrected chi connectivity index (χ4v) is 7.16. The van der Waals surface area contributed by atoms with Gasteiger partial charge in [-0.3, -0.25) is 24.4 Å². The minimum Gasteiger partial charge on any atom is -0.503 e. The van der Waals surface area contributed by atoms with E-state index >= 15 is 0 Å². The number of esters is 3. The summed E-state index contributed by atoms with van der Waals surface area (Å²) in [5.74, 6) is -4.32. The second-order valence-electron chi connectivity index (χ2n) is 15.1. The maximum atomic E-state index is 13.4. The molecule has 65 heavy (non-hydrogen) atoms. The third-order valence-corrected chi connectivity index (χ3v) is 11.0. The first kappa shape index (κ1) is 53.6. The first-order valence-electron chi connectivity index (χ1n) is 20.1. The Bertz CT molecular complexity index is 2330. The van der Waals surface area contributed by atoms with Crippen LogP contribution in [0.3, 0.4) is 0 Å². The predicted molar refractivity (Wildman–Crippen MR) is 236 cm³/mol. The average molecular weight is 953 g/mol. The van der Waals surface area contributed by atoms with Gasteiger partial charge in [0.15, 0.2) is 23.0 Å². The van der Waals surface area contributed by atoms with Crippen molar-refractivity contribution in [3.8, 4) is 23.0 Å². The summed E-state index contributed by atoms with van der Waals surface area (Å²) in [4.78, 5) is 45.4. The summed E-state index contributed by atoms with van der Waals surface area (Å²) in [6, 6.07) is 13.4. The number of alkyl halides is 6. The highest BCUT2D eigenvalue weighted by atomic mass is 32.1. The van der Waals surface area contributed by atoms with E-state index in [1.165, 1.54) is 82.1 Å². The van der Waals surface area contributed by atoms with Crippen LogP contribution in [0, 0.1) is 11.8 Å². The number of methoxy groups -OCH3 is 2. The van der Waals surface area contributed by atoms with E-state index in [-0.39, 0.29) is 68.1 Å². The topological polar surface area (TPSA) is 143 Å². The van der Waals surface area contributed by atoms with E-state index < -0.39 is 77.3 Å². The van der Waals surface area contributed by atoms with Gasteiger partial charge in [-0.2, -0.15) is 26.3 Å². The van der Waals surface area contributed by atoms with Crippen molar-refractivity contribution in [2.24, 2.45) is 11.8 Å². The lowest BCUT2D eigenvalue weighted by atomic mass is 9.91. The van der Waals surface area contributed by atoms with Crippen LogP contribution in [0.1, 0.15) is 107 Å². The van der Waals surface area contributed by atoms with Gasteiger partial charge in [-0.1, -0.05) is 88.5 Å². The molecule has 0 saturated carbocycles. The molecule has 11 nitrogen and oxygen atoms in total. The van der Waals surface area contributed by atoms with Gasteiger partial charge in [0.1, 0.15) is 23.6 Å². The Labute approximate surface area is 383 Å². The summed E-state index contributed by atoms with van der Waals surface area (Å²) in [5, 5.41) is 10.2. The summed E-state index contributed by atoms with van der Waals surface area (Å²) in [6.45, 7) is 10.6. The summed E-state index contributed by atoms with van der Waals surface area (Å²) < 4.78 is 106. The lowest BCUT2D eigenvalue weighted by Crippen LogP contribution is -2.27. The molecule has 0 saturated heterocycles. The summed E-state index contributed by atoms with van der Waals surface area (Å²) in [7, 11) is 2.79. The second-order valence-corrected chi connectivity index (χ2v) is 16.1. The maximum absolute atomic E-state index is 13.4. The van der Waals surface area contributed by atoms with Crippen LogP contribution in [0.25, 0.3) is 0 Å². The second kappa shape index (κ2) is 23.5. The van der Waals surface area contributed by atoms with Crippen LogP contribution in [-0.2, 0) is 36.2 Å². The number of rotatable bonds is 17. The van der Waals surface area contributed by atoms with Gasteiger partial charge in [0.05, 0.1) is 37.2 Å². The number of aromatic hydroxyl groups is 1. The number of hydrogen-bond donors (Lipinski definition) is 1. The molecule has 2 aromatic heterocycles. The Hall–Kier alpha value is -5.69. The van der Waals surface area contributed by atoms with Gasteiger partial charge in [-0.25, -0.2) is 0 Å². The fourth-order valence-electron chi connectivity index (χ4n) is 6.37. The van der Waals surface area contributed by atoms with Crippen LogP contribution in [0.2, 0.25) is 0 Å². The van der Waals surface area contributed by atoms with Crippen LogP contribution >= 0.6 is 24.4 Å². The van der Waals surface area contributed by atoms with E-state index in [2.05, 4.69) is 9.97 Å². The molecule has 6 atom stereocenters. The minimum atomic E-state index is -4.52. The zero-order valence-corrected chi connectivity index (χ0v) is 38.6. The normalized spacial score (nSPS) is 14.2. The van der Waals surface area contributed by atoms with Crippen molar-refractivity contribution >= 4 is 52.1 Å². The van der Waals surface area contributed by atoms with Crippen LogP contribution in [0.4, 0.5) is 26.3 Å². The zero-order valence-electron chi connectivity index (χ0n) is 37.0. The standard InChI is InChI=1S/C24H26F3NO5S.C22H24F3NO4S/c1-13(12-20(34)21-22(33-16(4)29)19(31-5)10-11-28-21)23(30)32-15(3)14(2)17-8-6-7-9-18(17)24(25,26)27;1-12(11-18(31)19-20(27)17(29-4)9-10-26-19)21(28)30-14(3)13(2)15-7-5-6-8-16(15)22(23,24)25/h6-11,13-15H,12H2,1-5H3;5-10,12-14,27H,11H2,1-4H3/t13-,14-,15+;12-,13-,14+/m11/s1. The number of thiocarbonyl (C=S) groups is 2. The number of ether oxygens (including phenoxy) is 5. The average Bonchev–Trinajstić information content (AvgIpc) is 3.25. The van der Waals surface area contributed by atoms with Gasteiger partial charge in [-0.15, -0.1) is 0 Å². The van der Waals surface area contributed by atoms with Crippen LogP contribution < -0.4 is 14.2 Å². The molecule has 2 aromatic carbocycles. The molecule has 1 N–H and O–H groups in total. The summed E-state index contributed by atoms with van der Waals surface area (Å²) in [6.07, 6.45) is -7.67. The number of hydrogen-bond acceptors (Lipinski definition) is 13. The summed E-state index contributed by atoms with van der Waals surface area (Å²) in [5.41, 5.74) is -1.09.